The van der Waals surface area contributed by atoms with E-state index in [0.29, 0.717) is 50.0 Å². The summed E-state index contributed by atoms with van der Waals surface area (Å²) < 4.78 is 72.2. The molecule has 16 heteroatoms. The van der Waals surface area contributed by atoms with Gasteiger partial charge in [0.15, 0.2) is 0 Å². The number of azo groups is 3. The molecule has 0 spiro atoms. The van der Waals surface area contributed by atoms with Crippen LogP contribution in [0.3, 0.4) is 0 Å². The Morgan fingerprint density at radius 2 is 0.731 bits per heavy atom. The molecule has 0 bridgehead atoms. The molecular formula is C36H22N6Na2O6S2. The molecule has 7 aromatic carbocycles. The molecule has 0 aromatic heterocycles. The van der Waals surface area contributed by atoms with Gasteiger partial charge in [0, 0.05) is 32.3 Å². The van der Waals surface area contributed by atoms with Crippen LogP contribution in [-0.4, -0.2) is 25.9 Å². The average molecular weight is 745 g/mol. The van der Waals surface area contributed by atoms with E-state index in [1.54, 1.807) is 72.8 Å². The molecule has 52 heavy (non-hydrogen) atoms. The van der Waals surface area contributed by atoms with Crippen LogP contribution < -0.4 is 59.1 Å². The van der Waals surface area contributed by atoms with Crippen LogP contribution in [0.1, 0.15) is 0 Å². The predicted molar refractivity (Wildman–Crippen MR) is 187 cm³/mol. The molecule has 0 unspecified atom stereocenters. The summed E-state index contributed by atoms with van der Waals surface area (Å²) in [5, 5.41) is 28.7. The van der Waals surface area contributed by atoms with E-state index in [9.17, 15) is 25.9 Å². The first kappa shape index (κ1) is 39.2. The average Bonchev–Trinajstić information content (AvgIpc) is 3.11. The quantitative estimate of drug-likeness (QED) is 0.127. The van der Waals surface area contributed by atoms with Crippen LogP contribution in [-0.2, 0) is 20.2 Å². The molecule has 12 nitrogen and oxygen atoms in total. The van der Waals surface area contributed by atoms with Gasteiger partial charge in [-0.2, -0.15) is 5.11 Å². The Bertz CT molecular complexity index is 2780. The van der Waals surface area contributed by atoms with Gasteiger partial charge in [0.2, 0.25) is 0 Å². The molecule has 246 valence electrons. The maximum absolute atomic E-state index is 12.3. The fourth-order valence-electron chi connectivity index (χ4n) is 5.55. The van der Waals surface area contributed by atoms with Crippen LogP contribution in [0, 0.1) is 0 Å². The van der Waals surface area contributed by atoms with Gasteiger partial charge in [-0.15, -0.1) is 25.6 Å². The summed E-state index contributed by atoms with van der Waals surface area (Å²) in [5.41, 5.74) is 2.36. The molecule has 0 saturated heterocycles. The van der Waals surface area contributed by atoms with E-state index in [0.717, 1.165) is 0 Å². The first-order chi connectivity index (χ1) is 24.1. The van der Waals surface area contributed by atoms with Gasteiger partial charge in [0.1, 0.15) is 20.2 Å². The van der Waals surface area contributed by atoms with Gasteiger partial charge in [-0.3, -0.25) is 0 Å². The second-order valence-electron chi connectivity index (χ2n) is 10.9. The van der Waals surface area contributed by atoms with Crippen molar-refractivity contribution >= 4 is 86.7 Å². The number of hydrogen-bond acceptors (Lipinski definition) is 12. The van der Waals surface area contributed by atoms with Gasteiger partial charge in [-0.05, 0) is 54.6 Å². The van der Waals surface area contributed by atoms with E-state index >= 15 is 0 Å². The van der Waals surface area contributed by atoms with E-state index in [4.69, 9.17) is 0 Å². The minimum Gasteiger partial charge on any atom is -0.744 e. The summed E-state index contributed by atoms with van der Waals surface area (Å²) in [6.07, 6.45) is 0. The zero-order chi connectivity index (χ0) is 34.9. The fraction of sp³-hybridized carbons (Fsp3) is 0. The van der Waals surface area contributed by atoms with Crippen molar-refractivity contribution in [3.63, 3.8) is 0 Å². The van der Waals surface area contributed by atoms with E-state index in [1.165, 1.54) is 30.3 Å². The summed E-state index contributed by atoms with van der Waals surface area (Å²) in [4.78, 5) is -0.789. The molecule has 7 aromatic rings. The first-order valence-electron chi connectivity index (χ1n) is 14.9. The maximum Gasteiger partial charge on any atom is 1.00 e. The Balaban J connectivity index is 0.00000261. The Hall–Kier alpha value is -4.06. The van der Waals surface area contributed by atoms with Crippen LogP contribution >= 0.6 is 0 Å². The van der Waals surface area contributed by atoms with Crippen molar-refractivity contribution in [2.24, 2.45) is 30.7 Å². The van der Waals surface area contributed by atoms with Gasteiger partial charge in [-0.1, -0.05) is 78.9 Å². The van der Waals surface area contributed by atoms with E-state index in [-0.39, 0.29) is 80.5 Å². The molecule has 0 radical (unpaired) electrons. The Morgan fingerprint density at radius 3 is 1.31 bits per heavy atom. The molecule has 0 heterocycles. The first-order valence-corrected chi connectivity index (χ1v) is 17.7. The van der Waals surface area contributed by atoms with E-state index in [2.05, 4.69) is 30.7 Å². The summed E-state index contributed by atoms with van der Waals surface area (Å²) in [6, 6.07) is 36.3. The third kappa shape index (κ3) is 8.27. The van der Waals surface area contributed by atoms with E-state index < -0.39 is 25.1 Å². The van der Waals surface area contributed by atoms with Crippen LogP contribution in [0.4, 0.5) is 34.1 Å². The van der Waals surface area contributed by atoms with Crippen LogP contribution in [0.15, 0.2) is 174 Å². The monoisotopic (exact) mass is 744 g/mol. The molecule has 0 amide bonds. The second kappa shape index (κ2) is 16.3. The Labute approximate surface area is 342 Å². The molecule has 7 rings (SSSR count). The van der Waals surface area contributed by atoms with Crippen molar-refractivity contribution in [3.8, 4) is 0 Å². The van der Waals surface area contributed by atoms with Gasteiger partial charge >= 0.3 is 59.1 Å². The Kier molecular flexibility index (Phi) is 12.3. The van der Waals surface area contributed by atoms with Gasteiger partial charge in [0.05, 0.1) is 43.9 Å². The van der Waals surface area contributed by atoms with Crippen LogP contribution in [0.5, 0.6) is 0 Å². The zero-order valence-electron chi connectivity index (χ0n) is 27.7. The number of nitrogens with zero attached hydrogens (tertiary/aromatic N) is 6. The largest absolute Gasteiger partial charge is 1.00 e. The minimum absolute atomic E-state index is 0. The zero-order valence-corrected chi connectivity index (χ0v) is 33.3. The van der Waals surface area contributed by atoms with Crippen LogP contribution in [0.25, 0.3) is 32.3 Å². The maximum atomic E-state index is 12.3. The summed E-state index contributed by atoms with van der Waals surface area (Å²) in [7, 11) is -9.58. The molecule has 0 fully saturated rings. The van der Waals surface area contributed by atoms with Crippen molar-refractivity contribution in [2.75, 3.05) is 0 Å². The third-order valence-electron chi connectivity index (χ3n) is 7.79. The molecule has 0 aliphatic heterocycles. The minimum atomic E-state index is -4.88. The molecule has 0 aliphatic carbocycles. The van der Waals surface area contributed by atoms with Crippen LogP contribution in [0.2, 0.25) is 0 Å². The number of hydrogen-bond donors (Lipinski definition) is 0. The van der Waals surface area contributed by atoms with Gasteiger partial charge < -0.3 is 9.11 Å². The number of benzene rings is 7. The number of rotatable bonds is 8. The third-order valence-corrected chi connectivity index (χ3v) is 9.57. The fourth-order valence-corrected chi connectivity index (χ4v) is 6.95. The molecular weight excluding hydrogens is 723 g/mol. The SMILES string of the molecule is O=S(=O)([O-])c1cccc2c(N=Nc3ccc(N=Nc4ccc(N=Nc5ccccc5)c5c(S(=O)(=O)[O-])cccc45)c4ccccc34)cccc12.[Na+].[Na+]. The summed E-state index contributed by atoms with van der Waals surface area (Å²) in [5.74, 6) is 0. The standard InChI is InChI=1S/C36H24N6O6S2.2Na/c43-49(44,45)34-17-7-13-26-27(34)14-6-16-29(26)38-39-30-19-20-31(25-12-5-4-11-24(25)30)40-41-32-21-22-33(42-37-23-9-2-1-3-10-23)36-28(32)15-8-18-35(36)50(46,47)48;;/h1-22H,(H,43,44,45)(H,46,47,48);;/q;2*+1/p-2. The van der Waals surface area contributed by atoms with Gasteiger partial charge in [-0.25, -0.2) is 16.8 Å². The summed E-state index contributed by atoms with van der Waals surface area (Å²) >= 11 is 0. The van der Waals surface area contributed by atoms with Gasteiger partial charge in [0.25, 0.3) is 0 Å². The normalized spacial score (nSPS) is 12.2. The van der Waals surface area contributed by atoms with Crippen molar-refractivity contribution in [3.05, 3.63) is 133 Å². The second-order valence-corrected chi connectivity index (χ2v) is 13.6. The van der Waals surface area contributed by atoms with Crippen molar-refractivity contribution < 1.29 is 85.1 Å². The molecule has 0 aliphatic rings. The molecule has 0 atom stereocenters. The topological polar surface area (TPSA) is 189 Å². The predicted octanol–water partition coefficient (Wildman–Crippen LogP) is 4.21. The van der Waals surface area contributed by atoms with E-state index in [1.807, 2.05) is 30.3 Å². The number of fused-ring (bicyclic) bond motifs is 3. The van der Waals surface area contributed by atoms with Crippen molar-refractivity contribution in [2.45, 2.75) is 9.79 Å². The summed E-state index contributed by atoms with van der Waals surface area (Å²) in [6.45, 7) is 0. The van der Waals surface area contributed by atoms with Crippen molar-refractivity contribution in [1.29, 1.82) is 0 Å². The molecule has 0 saturated carbocycles. The molecule has 0 N–H and O–H groups in total. The Morgan fingerprint density at radius 1 is 0.346 bits per heavy atom. The smallest absolute Gasteiger partial charge is 0.744 e. The van der Waals surface area contributed by atoms with Crippen molar-refractivity contribution in [1.82, 2.24) is 0 Å².